The van der Waals surface area contributed by atoms with Crippen molar-refractivity contribution in [3.05, 3.63) is 0 Å². The number of nitrogens with two attached hydrogens (primary N) is 1. The summed E-state index contributed by atoms with van der Waals surface area (Å²) in [5.41, 5.74) is 4.98. The number of amides is 4. The minimum absolute atomic E-state index is 0.0681. The van der Waals surface area contributed by atoms with Gasteiger partial charge in [0.05, 0.1) is 6.04 Å². The third kappa shape index (κ3) is 2.56. The maximum Gasteiger partial charge on any atom is 0.322 e. The van der Waals surface area contributed by atoms with Crippen LogP contribution >= 0.6 is 0 Å². The molecule has 0 unspecified atom stereocenters. The Kier molecular flexibility index (Phi) is 3.75. The standard InChI is InChI=1S/C12H20N4O3/c1-2-3-8(13)9(17)16-6-4-12(5-7-16)10(18)14-11(19)15-12/h8H,2-7,13H2,1H3,(H2,14,15,18,19)/t8-/m0/s1. The minimum Gasteiger partial charge on any atom is -0.341 e. The maximum absolute atomic E-state index is 12.1. The monoisotopic (exact) mass is 268 g/mol. The zero-order valence-electron chi connectivity index (χ0n) is 11.1. The second kappa shape index (κ2) is 5.16. The topological polar surface area (TPSA) is 105 Å². The molecule has 2 aliphatic rings. The first-order valence-electron chi connectivity index (χ1n) is 6.66. The summed E-state index contributed by atoms with van der Waals surface area (Å²) >= 11 is 0. The lowest BCUT2D eigenvalue weighted by Gasteiger charge is -2.37. The van der Waals surface area contributed by atoms with Crippen LogP contribution in [-0.2, 0) is 9.59 Å². The number of carbonyl (C=O) groups excluding carboxylic acids is 3. The molecule has 7 nitrogen and oxygen atoms in total. The number of nitrogens with zero attached hydrogens (tertiary/aromatic N) is 1. The van der Waals surface area contributed by atoms with Gasteiger partial charge in [-0.2, -0.15) is 0 Å². The molecule has 0 saturated carbocycles. The smallest absolute Gasteiger partial charge is 0.322 e. The van der Waals surface area contributed by atoms with Crippen molar-refractivity contribution in [3.63, 3.8) is 0 Å². The van der Waals surface area contributed by atoms with Crippen molar-refractivity contribution in [2.45, 2.75) is 44.2 Å². The van der Waals surface area contributed by atoms with E-state index < -0.39 is 17.6 Å². The number of imide groups is 1. The highest BCUT2D eigenvalue weighted by atomic mass is 16.2. The van der Waals surface area contributed by atoms with Gasteiger partial charge in [-0.25, -0.2) is 4.79 Å². The Morgan fingerprint density at radius 3 is 2.53 bits per heavy atom. The quantitative estimate of drug-likeness (QED) is 0.589. The molecule has 2 rings (SSSR count). The Morgan fingerprint density at radius 1 is 1.42 bits per heavy atom. The summed E-state index contributed by atoms with van der Waals surface area (Å²) in [6.07, 6.45) is 2.41. The highest BCUT2D eigenvalue weighted by Crippen LogP contribution is 2.25. The van der Waals surface area contributed by atoms with Gasteiger partial charge in [-0.05, 0) is 19.3 Å². The van der Waals surface area contributed by atoms with Crippen LogP contribution in [0.25, 0.3) is 0 Å². The van der Waals surface area contributed by atoms with E-state index in [0.717, 1.165) is 6.42 Å². The summed E-state index contributed by atoms with van der Waals surface area (Å²) in [5, 5.41) is 4.91. The second-order valence-electron chi connectivity index (χ2n) is 5.21. The van der Waals surface area contributed by atoms with Crippen LogP contribution in [0.3, 0.4) is 0 Å². The van der Waals surface area contributed by atoms with Gasteiger partial charge in [0.1, 0.15) is 5.54 Å². The van der Waals surface area contributed by atoms with Gasteiger partial charge in [-0.3, -0.25) is 14.9 Å². The number of rotatable bonds is 3. The zero-order valence-corrected chi connectivity index (χ0v) is 11.1. The van der Waals surface area contributed by atoms with Gasteiger partial charge in [0, 0.05) is 13.1 Å². The summed E-state index contributed by atoms with van der Waals surface area (Å²) < 4.78 is 0. The summed E-state index contributed by atoms with van der Waals surface area (Å²) in [5.74, 6) is -0.358. The molecule has 0 aromatic heterocycles. The van der Waals surface area contributed by atoms with Crippen molar-refractivity contribution in [1.29, 1.82) is 0 Å². The highest BCUT2D eigenvalue weighted by Gasteiger charge is 2.48. The van der Waals surface area contributed by atoms with Crippen molar-refractivity contribution in [2.24, 2.45) is 5.73 Å². The van der Waals surface area contributed by atoms with Gasteiger partial charge < -0.3 is 16.0 Å². The molecule has 106 valence electrons. The van der Waals surface area contributed by atoms with E-state index in [1.165, 1.54) is 0 Å². The normalized spacial score (nSPS) is 23.2. The molecule has 2 saturated heterocycles. The summed E-state index contributed by atoms with van der Waals surface area (Å²) in [4.78, 5) is 36.7. The summed E-state index contributed by atoms with van der Waals surface area (Å²) in [7, 11) is 0. The zero-order chi connectivity index (χ0) is 14.0. The molecule has 0 aliphatic carbocycles. The molecular formula is C12H20N4O3. The molecule has 0 bridgehead atoms. The second-order valence-corrected chi connectivity index (χ2v) is 5.21. The molecule has 1 atom stereocenters. The van der Waals surface area contributed by atoms with E-state index in [9.17, 15) is 14.4 Å². The SMILES string of the molecule is CCC[C@H](N)C(=O)N1CCC2(CC1)NC(=O)NC2=O. The van der Waals surface area contributed by atoms with Crippen LogP contribution in [0.5, 0.6) is 0 Å². The van der Waals surface area contributed by atoms with E-state index in [-0.39, 0.29) is 11.8 Å². The third-order valence-electron chi connectivity index (χ3n) is 3.86. The van der Waals surface area contributed by atoms with Gasteiger partial charge in [0.15, 0.2) is 0 Å². The van der Waals surface area contributed by atoms with Crippen molar-refractivity contribution in [3.8, 4) is 0 Å². The molecule has 0 radical (unpaired) electrons. The number of hydrogen-bond donors (Lipinski definition) is 3. The number of likely N-dealkylation sites (tertiary alicyclic amines) is 1. The molecule has 0 aromatic carbocycles. The van der Waals surface area contributed by atoms with Crippen LogP contribution in [0.1, 0.15) is 32.6 Å². The number of carbonyl (C=O) groups is 3. The van der Waals surface area contributed by atoms with Crippen LogP contribution in [0, 0.1) is 0 Å². The van der Waals surface area contributed by atoms with Crippen LogP contribution in [0.15, 0.2) is 0 Å². The molecule has 1 spiro atoms. The molecule has 4 amide bonds. The van der Waals surface area contributed by atoms with E-state index in [4.69, 9.17) is 5.73 Å². The van der Waals surface area contributed by atoms with E-state index in [0.29, 0.717) is 32.4 Å². The van der Waals surface area contributed by atoms with Gasteiger partial charge in [0.25, 0.3) is 5.91 Å². The Balaban J connectivity index is 1.94. The molecule has 2 heterocycles. The average molecular weight is 268 g/mol. The van der Waals surface area contributed by atoms with Gasteiger partial charge in [-0.15, -0.1) is 0 Å². The molecular weight excluding hydrogens is 248 g/mol. The first kappa shape index (κ1) is 13.8. The lowest BCUT2D eigenvalue weighted by Crippen LogP contribution is -2.57. The van der Waals surface area contributed by atoms with Crippen LogP contribution in [0.2, 0.25) is 0 Å². The molecule has 2 fully saturated rings. The van der Waals surface area contributed by atoms with Crippen molar-refractivity contribution in [1.82, 2.24) is 15.5 Å². The van der Waals surface area contributed by atoms with Crippen LogP contribution < -0.4 is 16.4 Å². The van der Waals surface area contributed by atoms with E-state index in [2.05, 4.69) is 10.6 Å². The Morgan fingerprint density at radius 2 is 2.05 bits per heavy atom. The van der Waals surface area contributed by atoms with E-state index in [1.54, 1.807) is 4.90 Å². The Labute approximate surface area is 111 Å². The first-order chi connectivity index (χ1) is 8.98. The van der Waals surface area contributed by atoms with Crippen LogP contribution in [-0.4, -0.2) is 47.4 Å². The third-order valence-corrected chi connectivity index (χ3v) is 3.86. The predicted octanol–water partition coefficient (Wildman–Crippen LogP) is -0.686. The fourth-order valence-electron chi connectivity index (χ4n) is 2.66. The molecule has 7 heteroatoms. The van der Waals surface area contributed by atoms with E-state index >= 15 is 0 Å². The number of piperidine rings is 1. The number of hydrogen-bond acceptors (Lipinski definition) is 4. The lowest BCUT2D eigenvalue weighted by atomic mass is 9.87. The summed E-state index contributed by atoms with van der Waals surface area (Å²) in [6, 6.07) is -0.918. The Hall–Kier alpha value is -1.63. The average Bonchev–Trinajstić information content (AvgIpc) is 2.64. The maximum atomic E-state index is 12.1. The van der Waals surface area contributed by atoms with Gasteiger partial charge in [-0.1, -0.05) is 13.3 Å². The summed E-state index contributed by atoms with van der Waals surface area (Å²) in [6.45, 7) is 2.88. The largest absolute Gasteiger partial charge is 0.341 e. The van der Waals surface area contributed by atoms with Crippen LogP contribution in [0.4, 0.5) is 4.79 Å². The fraction of sp³-hybridized carbons (Fsp3) is 0.750. The van der Waals surface area contributed by atoms with Crippen molar-refractivity contribution in [2.75, 3.05) is 13.1 Å². The van der Waals surface area contributed by atoms with Crippen molar-refractivity contribution < 1.29 is 14.4 Å². The minimum atomic E-state index is -0.831. The molecule has 4 N–H and O–H groups in total. The molecule has 0 aromatic rings. The number of urea groups is 1. The van der Waals surface area contributed by atoms with Gasteiger partial charge >= 0.3 is 6.03 Å². The first-order valence-corrected chi connectivity index (χ1v) is 6.66. The van der Waals surface area contributed by atoms with Gasteiger partial charge in [0.2, 0.25) is 5.91 Å². The fourth-order valence-corrected chi connectivity index (χ4v) is 2.66. The number of nitrogens with one attached hydrogen (secondary N) is 2. The highest BCUT2D eigenvalue weighted by molar-refractivity contribution is 6.07. The Bertz CT molecular complexity index is 402. The molecule has 2 aliphatic heterocycles. The molecule has 19 heavy (non-hydrogen) atoms. The van der Waals surface area contributed by atoms with Crippen molar-refractivity contribution >= 4 is 17.8 Å². The van der Waals surface area contributed by atoms with E-state index in [1.807, 2.05) is 6.92 Å². The lowest BCUT2D eigenvalue weighted by molar-refractivity contribution is -0.137. The predicted molar refractivity (Wildman–Crippen MR) is 68.1 cm³/mol.